The molecule has 3 rings (SSSR count). The van der Waals surface area contributed by atoms with Crippen LogP contribution < -0.4 is 4.90 Å². The minimum absolute atomic E-state index is 0.0126. The normalized spacial score (nSPS) is 18.1. The Morgan fingerprint density at radius 1 is 1.52 bits per heavy atom. The lowest BCUT2D eigenvalue weighted by molar-refractivity contribution is 0.121. The van der Waals surface area contributed by atoms with E-state index in [9.17, 15) is 9.90 Å². The number of hydrogen-bond donors (Lipinski definition) is 1. The van der Waals surface area contributed by atoms with Gasteiger partial charge in [0.2, 0.25) is 0 Å². The van der Waals surface area contributed by atoms with Gasteiger partial charge < -0.3 is 14.9 Å². The molecule has 1 saturated heterocycles. The van der Waals surface area contributed by atoms with Gasteiger partial charge in [0.1, 0.15) is 10.4 Å². The van der Waals surface area contributed by atoms with Crippen LogP contribution in [0.25, 0.3) is 5.65 Å². The first-order chi connectivity index (χ1) is 11.0. The smallest absolute Gasteiger partial charge is 0.407 e. The zero-order valence-corrected chi connectivity index (χ0v) is 14.8. The van der Waals surface area contributed by atoms with Crippen LogP contribution >= 0.6 is 15.9 Å². The van der Waals surface area contributed by atoms with Gasteiger partial charge in [-0.2, -0.15) is 0 Å². The van der Waals surface area contributed by atoms with E-state index in [1.165, 1.54) is 0 Å². The van der Waals surface area contributed by atoms with Crippen LogP contribution in [0.5, 0.6) is 0 Å². The number of carbonyl (C=O) groups is 1. The predicted molar refractivity (Wildman–Crippen MR) is 90.9 cm³/mol. The Kier molecular flexibility index (Phi) is 4.43. The van der Waals surface area contributed by atoms with Gasteiger partial charge in [-0.15, -0.1) is 5.10 Å². The van der Waals surface area contributed by atoms with Gasteiger partial charge in [-0.05, 0) is 40.4 Å². The second-order valence-corrected chi connectivity index (χ2v) is 7.07. The maximum absolute atomic E-state index is 11.5. The fraction of sp³-hybridized carbons (Fsp3) is 0.533. The van der Waals surface area contributed by atoms with E-state index in [0.29, 0.717) is 19.0 Å². The summed E-state index contributed by atoms with van der Waals surface area (Å²) in [6.07, 6.45) is 1.70. The van der Waals surface area contributed by atoms with E-state index in [1.54, 1.807) is 15.6 Å². The van der Waals surface area contributed by atoms with E-state index in [1.807, 2.05) is 26.0 Å². The molecule has 7 nitrogen and oxygen atoms in total. The van der Waals surface area contributed by atoms with Crippen molar-refractivity contribution in [3.05, 3.63) is 22.9 Å². The van der Waals surface area contributed by atoms with Gasteiger partial charge in [-0.3, -0.25) is 0 Å². The van der Waals surface area contributed by atoms with Crippen molar-refractivity contribution in [2.24, 2.45) is 5.92 Å². The lowest BCUT2D eigenvalue weighted by Gasteiger charge is -2.28. The van der Waals surface area contributed by atoms with Gasteiger partial charge in [0, 0.05) is 19.6 Å². The molecule has 1 N–H and O–H groups in total. The highest BCUT2D eigenvalue weighted by atomic mass is 79.9. The predicted octanol–water partition coefficient (Wildman–Crippen LogP) is 2.71. The van der Waals surface area contributed by atoms with Crippen molar-refractivity contribution < 1.29 is 9.90 Å². The van der Waals surface area contributed by atoms with Gasteiger partial charge in [0.25, 0.3) is 0 Å². The van der Waals surface area contributed by atoms with E-state index in [0.717, 1.165) is 29.0 Å². The average molecular weight is 382 g/mol. The standard InChI is InChI=1S/C15H20BrN5O2/c1-10(2)8-20(15(22)23)11-5-6-19(9-11)14-4-3-13-17-7-12(16)21(13)18-14/h3-4,7,10-11H,5-6,8-9H2,1-2H3,(H,22,23)/t11-/m0/s1. The first kappa shape index (κ1) is 16.0. The number of carboxylic acid groups (broad SMARTS) is 1. The number of hydrogen-bond acceptors (Lipinski definition) is 4. The Labute approximate surface area is 143 Å². The molecule has 124 valence electrons. The Morgan fingerprint density at radius 3 is 3.00 bits per heavy atom. The third kappa shape index (κ3) is 3.26. The quantitative estimate of drug-likeness (QED) is 0.880. The summed E-state index contributed by atoms with van der Waals surface area (Å²) < 4.78 is 2.54. The van der Waals surface area contributed by atoms with Crippen molar-refractivity contribution in [1.82, 2.24) is 19.5 Å². The van der Waals surface area contributed by atoms with E-state index < -0.39 is 6.09 Å². The Morgan fingerprint density at radius 2 is 2.30 bits per heavy atom. The number of imidazole rings is 1. The topological polar surface area (TPSA) is 74.0 Å². The molecule has 1 aliphatic heterocycles. The lowest BCUT2D eigenvalue weighted by Crippen LogP contribution is -2.43. The number of rotatable bonds is 4. The minimum Gasteiger partial charge on any atom is -0.465 e. The van der Waals surface area contributed by atoms with Crippen molar-refractivity contribution in [3.8, 4) is 0 Å². The summed E-state index contributed by atoms with van der Waals surface area (Å²) in [5.41, 5.74) is 0.781. The largest absolute Gasteiger partial charge is 0.465 e. The number of fused-ring (bicyclic) bond motifs is 1. The highest BCUT2D eigenvalue weighted by molar-refractivity contribution is 9.10. The molecular formula is C15H20BrN5O2. The van der Waals surface area contributed by atoms with Crippen LogP contribution in [0.4, 0.5) is 10.6 Å². The molecule has 0 aliphatic carbocycles. The fourth-order valence-electron chi connectivity index (χ4n) is 2.99. The first-order valence-corrected chi connectivity index (χ1v) is 8.50. The zero-order valence-electron chi connectivity index (χ0n) is 13.2. The van der Waals surface area contributed by atoms with E-state index in [2.05, 4.69) is 30.9 Å². The van der Waals surface area contributed by atoms with Gasteiger partial charge >= 0.3 is 6.09 Å². The summed E-state index contributed by atoms with van der Waals surface area (Å²) in [6, 6.07) is 3.87. The molecule has 8 heteroatoms. The van der Waals surface area contributed by atoms with Gasteiger partial charge in [0.15, 0.2) is 5.65 Å². The maximum Gasteiger partial charge on any atom is 0.407 e. The molecule has 3 heterocycles. The molecule has 2 aromatic rings. The van der Waals surface area contributed by atoms with Crippen LogP contribution in [-0.4, -0.2) is 56.4 Å². The van der Waals surface area contributed by atoms with Gasteiger partial charge in [0.05, 0.1) is 12.2 Å². The monoisotopic (exact) mass is 381 g/mol. The number of anilines is 1. The van der Waals surface area contributed by atoms with Crippen molar-refractivity contribution in [2.45, 2.75) is 26.3 Å². The third-order valence-corrected chi connectivity index (χ3v) is 4.58. The van der Waals surface area contributed by atoms with Crippen molar-refractivity contribution in [1.29, 1.82) is 0 Å². The molecule has 0 radical (unpaired) electrons. The molecule has 0 saturated carbocycles. The summed E-state index contributed by atoms with van der Waals surface area (Å²) in [7, 11) is 0. The third-order valence-electron chi connectivity index (χ3n) is 4.04. The van der Waals surface area contributed by atoms with Crippen molar-refractivity contribution in [3.63, 3.8) is 0 Å². The molecule has 0 aromatic carbocycles. The molecule has 0 spiro atoms. The molecule has 1 atom stereocenters. The fourth-order valence-corrected chi connectivity index (χ4v) is 3.35. The minimum atomic E-state index is -0.841. The van der Waals surface area contributed by atoms with Crippen LogP contribution in [0.1, 0.15) is 20.3 Å². The number of nitrogens with zero attached hydrogens (tertiary/aromatic N) is 5. The van der Waals surface area contributed by atoms with Crippen molar-refractivity contribution in [2.75, 3.05) is 24.5 Å². The molecular weight excluding hydrogens is 362 g/mol. The van der Waals surface area contributed by atoms with Crippen LogP contribution in [0.3, 0.4) is 0 Å². The second kappa shape index (κ2) is 6.35. The highest BCUT2D eigenvalue weighted by Crippen LogP contribution is 2.23. The zero-order chi connectivity index (χ0) is 16.6. The summed E-state index contributed by atoms with van der Waals surface area (Å²) in [6.45, 7) is 6.11. The van der Waals surface area contributed by atoms with Gasteiger partial charge in [-0.1, -0.05) is 13.8 Å². The Hall–Kier alpha value is -1.83. The molecule has 23 heavy (non-hydrogen) atoms. The van der Waals surface area contributed by atoms with E-state index >= 15 is 0 Å². The molecule has 0 unspecified atom stereocenters. The van der Waals surface area contributed by atoms with Crippen LogP contribution in [0, 0.1) is 5.92 Å². The molecule has 1 amide bonds. The average Bonchev–Trinajstić information content (AvgIpc) is 3.12. The van der Waals surface area contributed by atoms with E-state index in [4.69, 9.17) is 0 Å². The first-order valence-electron chi connectivity index (χ1n) is 7.70. The molecule has 0 bridgehead atoms. The number of aromatic nitrogens is 3. The van der Waals surface area contributed by atoms with Crippen LogP contribution in [0.15, 0.2) is 22.9 Å². The van der Waals surface area contributed by atoms with Crippen LogP contribution in [-0.2, 0) is 0 Å². The Bertz CT molecular complexity index is 717. The highest BCUT2D eigenvalue weighted by Gasteiger charge is 2.31. The summed E-state index contributed by atoms with van der Waals surface area (Å²) in [4.78, 5) is 19.5. The number of amides is 1. The second-order valence-electron chi connectivity index (χ2n) is 6.26. The molecule has 2 aromatic heterocycles. The van der Waals surface area contributed by atoms with Crippen molar-refractivity contribution >= 4 is 33.5 Å². The van der Waals surface area contributed by atoms with Gasteiger partial charge in [-0.25, -0.2) is 14.3 Å². The summed E-state index contributed by atoms with van der Waals surface area (Å²) >= 11 is 3.42. The van der Waals surface area contributed by atoms with E-state index in [-0.39, 0.29) is 6.04 Å². The van der Waals surface area contributed by atoms with Crippen LogP contribution in [0.2, 0.25) is 0 Å². The number of halogens is 1. The lowest BCUT2D eigenvalue weighted by atomic mass is 10.1. The Balaban J connectivity index is 1.77. The maximum atomic E-state index is 11.5. The SMILES string of the molecule is CC(C)CN(C(=O)O)[C@H]1CCN(c2ccc3ncc(Br)n3n2)C1. The molecule has 1 aliphatic rings. The molecule has 1 fully saturated rings. The summed E-state index contributed by atoms with van der Waals surface area (Å²) in [5, 5.41) is 14.0. The summed E-state index contributed by atoms with van der Waals surface area (Å²) in [5.74, 6) is 1.16.